The first-order valence-corrected chi connectivity index (χ1v) is 10.7. The number of halogens is 1. The third kappa shape index (κ3) is 3.35. The lowest BCUT2D eigenvalue weighted by molar-refractivity contribution is 0.408. The number of fused-ring (bicyclic) bond motifs is 2. The van der Waals surface area contributed by atoms with E-state index in [4.69, 9.17) is 17.3 Å². The zero-order chi connectivity index (χ0) is 21.8. The Balaban J connectivity index is 1.63. The molecule has 0 atom stereocenters. The lowest BCUT2D eigenvalue weighted by atomic mass is 10.0. The van der Waals surface area contributed by atoms with Crippen LogP contribution in [0.3, 0.4) is 0 Å². The number of aromatic nitrogens is 4. The quantitative estimate of drug-likeness (QED) is 0.377. The maximum absolute atomic E-state index is 6.37. The molecule has 0 saturated carbocycles. The highest BCUT2D eigenvalue weighted by Gasteiger charge is 2.22. The molecule has 156 valence electrons. The van der Waals surface area contributed by atoms with E-state index < -0.39 is 0 Å². The third-order valence-corrected chi connectivity index (χ3v) is 6.08. The summed E-state index contributed by atoms with van der Waals surface area (Å²) in [5.74, 6) is 0.499. The van der Waals surface area contributed by atoms with Crippen molar-refractivity contribution in [2.75, 3.05) is 5.73 Å². The summed E-state index contributed by atoms with van der Waals surface area (Å²) in [6.07, 6.45) is 5.77. The van der Waals surface area contributed by atoms with Crippen molar-refractivity contribution >= 4 is 39.4 Å². The molecule has 0 unspecified atom stereocenters. The molecule has 6 heteroatoms. The predicted molar refractivity (Wildman–Crippen MR) is 128 cm³/mol. The van der Waals surface area contributed by atoms with Crippen molar-refractivity contribution < 1.29 is 0 Å². The molecule has 2 aromatic carbocycles. The number of nitrogen functional groups attached to an aromatic ring is 1. The van der Waals surface area contributed by atoms with Crippen molar-refractivity contribution in [3.05, 3.63) is 77.8 Å². The second-order valence-electron chi connectivity index (χ2n) is 8.85. The molecule has 5 aromatic rings. The number of nitrogens with zero attached hydrogens (tertiary/aromatic N) is 4. The highest BCUT2D eigenvalue weighted by Crippen LogP contribution is 2.36. The topological polar surface area (TPSA) is 61.7 Å². The Morgan fingerprint density at radius 1 is 1.03 bits per heavy atom. The minimum Gasteiger partial charge on any atom is -0.383 e. The van der Waals surface area contributed by atoms with Crippen molar-refractivity contribution in [2.24, 2.45) is 0 Å². The van der Waals surface area contributed by atoms with Gasteiger partial charge in [-0.2, -0.15) is 0 Å². The molecule has 0 spiro atoms. The Hall–Kier alpha value is -3.31. The first-order valence-electron chi connectivity index (χ1n) is 10.3. The van der Waals surface area contributed by atoms with Gasteiger partial charge in [0.15, 0.2) is 0 Å². The fourth-order valence-electron chi connectivity index (χ4n) is 4.13. The molecule has 0 fully saturated rings. The molecule has 5 nitrogen and oxygen atoms in total. The Kier molecular flexibility index (Phi) is 4.52. The largest absolute Gasteiger partial charge is 0.383 e. The molecule has 0 aliphatic carbocycles. The number of nitrogens with two attached hydrogens (primary N) is 1. The van der Waals surface area contributed by atoms with E-state index in [1.54, 1.807) is 0 Å². The molecule has 0 radical (unpaired) electrons. The maximum atomic E-state index is 6.37. The van der Waals surface area contributed by atoms with E-state index in [1.807, 2.05) is 18.2 Å². The molecule has 3 aromatic heterocycles. The van der Waals surface area contributed by atoms with Crippen LogP contribution in [0.2, 0.25) is 5.02 Å². The van der Waals surface area contributed by atoms with Crippen LogP contribution in [0.15, 0.2) is 67.3 Å². The van der Waals surface area contributed by atoms with Gasteiger partial charge in [0.05, 0.1) is 5.39 Å². The normalized spacial score (nSPS) is 12.1. The van der Waals surface area contributed by atoms with Crippen molar-refractivity contribution in [1.29, 1.82) is 0 Å². The molecule has 3 heterocycles. The van der Waals surface area contributed by atoms with E-state index in [0.717, 1.165) is 50.2 Å². The molecular weight excluding hydrogens is 406 g/mol. The van der Waals surface area contributed by atoms with Crippen LogP contribution < -0.4 is 5.73 Å². The van der Waals surface area contributed by atoms with Gasteiger partial charge in [-0.1, -0.05) is 35.9 Å². The Morgan fingerprint density at radius 2 is 1.84 bits per heavy atom. The average Bonchev–Trinajstić information content (AvgIpc) is 3.32. The summed E-state index contributed by atoms with van der Waals surface area (Å²) in [7, 11) is 0. The summed E-state index contributed by atoms with van der Waals surface area (Å²) in [5.41, 5.74) is 11.4. The lowest BCUT2D eigenvalue weighted by Crippen LogP contribution is -2.21. The van der Waals surface area contributed by atoms with Crippen molar-refractivity contribution in [3.63, 3.8) is 0 Å². The molecule has 0 aliphatic rings. The molecule has 0 saturated heterocycles. The first-order chi connectivity index (χ1) is 14.8. The molecule has 5 rings (SSSR count). The molecule has 0 bridgehead atoms. The number of hydrogen-bond donors (Lipinski definition) is 1. The van der Waals surface area contributed by atoms with Crippen LogP contribution in [0, 0.1) is 0 Å². The second kappa shape index (κ2) is 7.13. The van der Waals surface area contributed by atoms with Crippen LogP contribution in [0.4, 0.5) is 5.82 Å². The average molecular weight is 430 g/mol. The summed E-state index contributed by atoms with van der Waals surface area (Å²) >= 11 is 6.37. The fraction of sp³-hybridized carbons (Fsp3) is 0.200. The third-order valence-electron chi connectivity index (χ3n) is 5.72. The van der Waals surface area contributed by atoms with Crippen molar-refractivity contribution in [3.8, 4) is 11.1 Å². The van der Waals surface area contributed by atoms with E-state index in [1.165, 1.54) is 6.33 Å². The monoisotopic (exact) mass is 429 g/mol. The van der Waals surface area contributed by atoms with Gasteiger partial charge in [-0.3, -0.25) is 0 Å². The van der Waals surface area contributed by atoms with Gasteiger partial charge < -0.3 is 14.9 Å². The van der Waals surface area contributed by atoms with Crippen LogP contribution in [0.25, 0.3) is 33.1 Å². The van der Waals surface area contributed by atoms with Gasteiger partial charge in [-0.15, -0.1) is 0 Å². The van der Waals surface area contributed by atoms with E-state index >= 15 is 0 Å². The van der Waals surface area contributed by atoms with Crippen LogP contribution >= 0.6 is 11.6 Å². The van der Waals surface area contributed by atoms with E-state index in [-0.39, 0.29) is 5.54 Å². The van der Waals surface area contributed by atoms with Gasteiger partial charge in [0.2, 0.25) is 0 Å². The zero-order valence-corrected chi connectivity index (χ0v) is 18.6. The predicted octanol–water partition coefficient (Wildman–Crippen LogP) is 6.09. The SMILES string of the molecule is CC(C)(C)n1cc(-c2ccc3c(ccn3Cc3ccccc3Cl)c2)c2c(N)ncnc21. The summed E-state index contributed by atoms with van der Waals surface area (Å²) in [6.45, 7) is 7.21. The van der Waals surface area contributed by atoms with Gasteiger partial charge in [-0.25, -0.2) is 9.97 Å². The number of benzene rings is 2. The van der Waals surface area contributed by atoms with Gasteiger partial charge in [-0.05, 0) is 56.2 Å². The van der Waals surface area contributed by atoms with E-state index in [2.05, 4.69) is 82.6 Å². The molecule has 0 aliphatic heterocycles. The molecular formula is C25H24ClN5. The lowest BCUT2D eigenvalue weighted by Gasteiger charge is -2.21. The standard InChI is InChI=1S/C25H24ClN5/c1-25(2,3)31-14-19(22-23(27)28-15-29-24(22)31)16-8-9-21-17(12-16)10-11-30(21)13-18-6-4-5-7-20(18)26/h4-12,14-15H,13H2,1-3H3,(H2,27,28,29). The van der Waals surface area contributed by atoms with Gasteiger partial charge in [0.25, 0.3) is 0 Å². The molecule has 0 amide bonds. The van der Waals surface area contributed by atoms with Gasteiger partial charge in [0, 0.05) is 46.0 Å². The first kappa shape index (κ1) is 19.6. The number of hydrogen-bond acceptors (Lipinski definition) is 3. The molecule has 2 N–H and O–H groups in total. The van der Waals surface area contributed by atoms with Crippen molar-refractivity contribution in [2.45, 2.75) is 32.9 Å². The summed E-state index contributed by atoms with van der Waals surface area (Å²) in [4.78, 5) is 8.78. The highest BCUT2D eigenvalue weighted by molar-refractivity contribution is 6.31. The van der Waals surface area contributed by atoms with E-state index in [0.29, 0.717) is 5.82 Å². The van der Waals surface area contributed by atoms with Crippen LogP contribution in [0.5, 0.6) is 0 Å². The van der Waals surface area contributed by atoms with Crippen molar-refractivity contribution in [1.82, 2.24) is 19.1 Å². The minimum atomic E-state index is -0.125. The smallest absolute Gasteiger partial charge is 0.146 e. The Labute approximate surface area is 186 Å². The summed E-state index contributed by atoms with van der Waals surface area (Å²) < 4.78 is 4.39. The van der Waals surface area contributed by atoms with Crippen LogP contribution in [-0.4, -0.2) is 19.1 Å². The summed E-state index contributed by atoms with van der Waals surface area (Å²) in [6, 6.07) is 16.6. The van der Waals surface area contributed by atoms with Crippen LogP contribution in [-0.2, 0) is 12.1 Å². The highest BCUT2D eigenvalue weighted by atomic mass is 35.5. The Bertz CT molecular complexity index is 1420. The second-order valence-corrected chi connectivity index (χ2v) is 9.26. The zero-order valence-electron chi connectivity index (χ0n) is 17.8. The van der Waals surface area contributed by atoms with Gasteiger partial charge >= 0.3 is 0 Å². The number of rotatable bonds is 3. The Morgan fingerprint density at radius 3 is 2.61 bits per heavy atom. The fourth-order valence-corrected chi connectivity index (χ4v) is 4.33. The summed E-state index contributed by atoms with van der Waals surface area (Å²) in [5, 5.41) is 2.84. The molecule has 31 heavy (non-hydrogen) atoms. The van der Waals surface area contributed by atoms with E-state index in [9.17, 15) is 0 Å². The van der Waals surface area contributed by atoms with Crippen LogP contribution in [0.1, 0.15) is 26.3 Å². The van der Waals surface area contributed by atoms with Gasteiger partial charge in [0.1, 0.15) is 17.8 Å². The number of anilines is 1. The maximum Gasteiger partial charge on any atom is 0.146 e. The minimum absolute atomic E-state index is 0.125.